The van der Waals surface area contributed by atoms with Gasteiger partial charge in [0, 0.05) is 18.4 Å². The van der Waals surface area contributed by atoms with E-state index in [9.17, 15) is 4.79 Å². The number of rotatable bonds is 4. The topological polar surface area (TPSA) is 68.5 Å². The van der Waals surface area contributed by atoms with Crippen LogP contribution in [0.4, 0.5) is 0 Å². The molecule has 1 amide bonds. The van der Waals surface area contributed by atoms with Crippen molar-refractivity contribution in [2.75, 3.05) is 13.7 Å². The third-order valence-corrected chi connectivity index (χ3v) is 4.69. The molecule has 134 valence electrons. The summed E-state index contributed by atoms with van der Waals surface area (Å²) in [5.41, 5.74) is 0.913. The summed E-state index contributed by atoms with van der Waals surface area (Å²) in [6.07, 6.45) is 0.409. The van der Waals surface area contributed by atoms with E-state index in [1.54, 1.807) is 7.11 Å². The Morgan fingerprint density at radius 2 is 1.96 bits per heavy atom. The van der Waals surface area contributed by atoms with Crippen molar-refractivity contribution in [1.29, 1.82) is 0 Å². The Bertz CT molecular complexity index is 746. The minimum absolute atomic E-state index is 0.00610. The lowest BCUT2D eigenvalue weighted by atomic mass is 9.96. The van der Waals surface area contributed by atoms with Crippen LogP contribution in [0.2, 0.25) is 0 Å². The number of hydrogen-bond acceptors (Lipinski definition) is 5. The Balaban J connectivity index is 1.74. The van der Waals surface area contributed by atoms with E-state index in [0.717, 1.165) is 11.3 Å². The van der Waals surface area contributed by atoms with Crippen LogP contribution in [0.15, 0.2) is 28.8 Å². The second-order valence-corrected chi connectivity index (χ2v) is 7.60. The highest BCUT2D eigenvalue weighted by molar-refractivity contribution is 5.80. The highest BCUT2D eigenvalue weighted by Crippen LogP contribution is 2.34. The summed E-state index contributed by atoms with van der Waals surface area (Å²) in [5.74, 6) is 2.11. The van der Waals surface area contributed by atoms with Gasteiger partial charge in [-0.2, -0.15) is 4.98 Å². The van der Waals surface area contributed by atoms with Gasteiger partial charge in [0.1, 0.15) is 5.75 Å². The Hall–Kier alpha value is -2.37. The molecule has 1 saturated heterocycles. The van der Waals surface area contributed by atoms with Gasteiger partial charge < -0.3 is 14.2 Å². The first-order valence-electron chi connectivity index (χ1n) is 8.57. The molecule has 3 rings (SSSR count). The molecule has 0 spiro atoms. The lowest BCUT2D eigenvalue weighted by Crippen LogP contribution is -2.28. The maximum atomic E-state index is 12.5. The molecular weight excluding hydrogens is 318 g/mol. The normalized spacial score (nSPS) is 19.3. The van der Waals surface area contributed by atoms with Crippen LogP contribution in [0.25, 0.3) is 0 Å². The van der Waals surface area contributed by atoms with Crippen LogP contribution < -0.4 is 4.74 Å². The molecule has 1 aliphatic rings. The summed E-state index contributed by atoms with van der Waals surface area (Å²) in [6, 6.07) is 7.81. The van der Waals surface area contributed by atoms with Gasteiger partial charge in [-0.3, -0.25) is 4.79 Å². The fraction of sp³-hybridized carbons (Fsp3) is 0.526. The monoisotopic (exact) mass is 343 g/mol. The molecule has 6 heteroatoms. The molecule has 0 aliphatic carbocycles. The smallest absolute Gasteiger partial charge is 0.232 e. The minimum Gasteiger partial charge on any atom is -0.497 e. The van der Waals surface area contributed by atoms with E-state index in [0.29, 0.717) is 24.7 Å². The maximum Gasteiger partial charge on any atom is 0.232 e. The van der Waals surface area contributed by atoms with Crippen molar-refractivity contribution >= 4 is 5.91 Å². The molecule has 2 atom stereocenters. The molecule has 1 fully saturated rings. The van der Waals surface area contributed by atoms with E-state index in [2.05, 4.69) is 10.1 Å². The first-order valence-corrected chi connectivity index (χ1v) is 8.57. The van der Waals surface area contributed by atoms with Crippen LogP contribution in [-0.2, 0) is 10.2 Å². The van der Waals surface area contributed by atoms with Crippen LogP contribution in [-0.4, -0.2) is 34.6 Å². The quantitative estimate of drug-likeness (QED) is 0.850. The first-order chi connectivity index (χ1) is 11.8. The largest absolute Gasteiger partial charge is 0.497 e. The number of carbonyl (C=O) groups is 1. The number of aromatic nitrogens is 2. The molecule has 1 aliphatic heterocycles. The third-order valence-electron chi connectivity index (χ3n) is 4.69. The van der Waals surface area contributed by atoms with Gasteiger partial charge in [-0.15, -0.1) is 0 Å². The fourth-order valence-electron chi connectivity index (χ4n) is 3.04. The van der Waals surface area contributed by atoms with E-state index in [4.69, 9.17) is 9.26 Å². The number of benzene rings is 1. The third kappa shape index (κ3) is 3.52. The van der Waals surface area contributed by atoms with Gasteiger partial charge in [0.05, 0.1) is 19.1 Å². The van der Waals surface area contributed by atoms with Crippen molar-refractivity contribution in [2.45, 2.75) is 51.5 Å². The molecule has 0 N–H and O–H groups in total. The molecule has 0 bridgehead atoms. The Labute approximate surface area is 148 Å². The van der Waals surface area contributed by atoms with Gasteiger partial charge in [0.15, 0.2) is 5.82 Å². The summed E-state index contributed by atoms with van der Waals surface area (Å²) >= 11 is 0. The Morgan fingerprint density at radius 3 is 2.52 bits per heavy atom. The molecule has 0 radical (unpaired) electrons. The Morgan fingerprint density at radius 1 is 1.28 bits per heavy atom. The summed E-state index contributed by atoms with van der Waals surface area (Å²) in [5, 5.41) is 4.07. The lowest BCUT2D eigenvalue weighted by Gasteiger charge is -2.25. The second kappa shape index (κ2) is 6.50. The maximum absolute atomic E-state index is 12.5. The van der Waals surface area contributed by atoms with Crippen LogP contribution in [0.3, 0.4) is 0 Å². The van der Waals surface area contributed by atoms with E-state index in [1.807, 2.05) is 56.9 Å². The highest BCUT2D eigenvalue weighted by Gasteiger charge is 2.37. The molecule has 0 saturated carbocycles. The standard InChI is InChI=1S/C19H25N3O3/c1-12(13-6-8-15(24-5)9-7-13)22-11-14(10-16(22)23)17-20-18(21-25-17)19(2,3)4/h6-9,12,14H,10-11H2,1-5H3. The first kappa shape index (κ1) is 17.5. The van der Waals surface area contributed by atoms with Crippen LogP contribution >= 0.6 is 0 Å². The molecule has 1 aromatic carbocycles. The minimum atomic E-state index is -0.166. The zero-order valence-corrected chi connectivity index (χ0v) is 15.4. The van der Waals surface area contributed by atoms with Gasteiger partial charge in [0.25, 0.3) is 0 Å². The van der Waals surface area contributed by atoms with Crippen molar-refractivity contribution in [3.05, 3.63) is 41.5 Å². The van der Waals surface area contributed by atoms with Gasteiger partial charge in [-0.05, 0) is 24.6 Å². The summed E-state index contributed by atoms with van der Waals surface area (Å²) in [7, 11) is 1.64. The number of nitrogens with zero attached hydrogens (tertiary/aromatic N) is 3. The average Bonchev–Trinajstić information content (AvgIpc) is 3.20. The zero-order valence-electron chi connectivity index (χ0n) is 15.4. The SMILES string of the molecule is COc1ccc(C(C)N2CC(c3nc(C(C)(C)C)no3)CC2=O)cc1. The van der Waals surface area contributed by atoms with E-state index >= 15 is 0 Å². The molecular formula is C19H25N3O3. The van der Waals surface area contributed by atoms with Crippen molar-refractivity contribution in [1.82, 2.24) is 15.0 Å². The van der Waals surface area contributed by atoms with Gasteiger partial charge in [0.2, 0.25) is 11.8 Å². The number of hydrogen-bond donors (Lipinski definition) is 0. The second-order valence-electron chi connectivity index (χ2n) is 7.60. The van der Waals surface area contributed by atoms with Crippen LogP contribution in [0.1, 0.15) is 63.4 Å². The summed E-state index contributed by atoms with van der Waals surface area (Å²) in [4.78, 5) is 18.9. The van der Waals surface area contributed by atoms with E-state index < -0.39 is 0 Å². The molecule has 2 heterocycles. The number of carbonyl (C=O) groups excluding carboxylic acids is 1. The van der Waals surface area contributed by atoms with Crippen molar-refractivity contribution < 1.29 is 14.1 Å². The van der Waals surface area contributed by atoms with E-state index in [-0.39, 0.29) is 23.3 Å². The Kier molecular flexibility index (Phi) is 4.54. The van der Waals surface area contributed by atoms with E-state index in [1.165, 1.54) is 0 Å². The predicted molar refractivity (Wildman–Crippen MR) is 93.5 cm³/mol. The van der Waals surface area contributed by atoms with Crippen LogP contribution in [0, 0.1) is 0 Å². The molecule has 2 unspecified atom stereocenters. The van der Waals surface area contributed by atoms with Crippen molar-refractivity contribution in [3.8, 4) is 5.75 Å². The average molecular weight is 343 g/mol. The van der Waals surface area contributed by atoms with Crippen molar-refractivity contribution in [3.63, 3.8) is 0 Å². The van der Waals surface area contributed by atoms with Gasteiger partial charge >= 0.3 is 0 Å². The summed E-state index contributed by atoms with van der Waals surface area (Å²) in [6.45, 7) is 8.76. The van der Waals surface area contributed by atoms with Crippen LogP contribution in [0.5, 0.6) is 5.75 Å². The number of methoxy groups -OCH3 is 1. The lowest BCUT2D eigenvalue weighted by molar-refractivity contribution is -0.129. The van der Waals surface area contributed by atoms with Crippen molar-refractivity contribution in [2.24, 2.45) is 0 Å². The number of likely N-dealkylation sites (tertiary alicyclic amines) is 1. The predicted octanol–water partition coefficient (Wildman–Crippen LogP) is 3.45. The molecule has 6 nitrogen and oxygen atoms in total. The summed E-state index contributed by atoms with van der Waals surface area (Å²) < 4.78 is 10.6. The molecule has 25 heavy (non-hydrogen) atoms. The number of ether oxygens (including phenoxy) is 1. The molecule has 1 aromatic heterocycles. The molecule has 2 aromatic rings. The fourth-order valence-corrected chi connectivity index (χ4v) is 3.04. The zero-order chi connectivity index (χ0) is 18.2. The van der Waals surface area contributed by atoms with Gasteiger partial charge in [-0.25, -0.2) is 0 Å². The number of amides is 1. The van der Waals surface area contributed by atoms with Gasteiger partial charge in [-0.1, -0.05) is 38.1 Å². The highest BCUT2D eigenvalue weighted by atomic mass is 16.5.